The van der Waals surface area contributed by atoms with Crippen molar-refractivity contribution in [1.29, 1.82) is 0 Å². The predicted molar refractivity (Wildman–Crippen MR) is 62.1 cm³/mol. The average molecular weight is 237 g/mol. The zero-order valence-corrected chi connectivity index (χ0v) is 9.68. The van der Waals surface area contributed by atoms with Crippen molar-refractivity contribution in [2.24, 2.45) is 0 Å². The molecule has 0 unspecified atom stereocenters. The molecule has 1 saturated heterocycles. The summed E-state index contributed by atoms with van der Waals surface area (Å²) in [6.45, 7) is 3.38. The molecule has 0 saturated carbocycles. The van der Waals surface area contributed by atoms with Gasteiger partial charge in [0.25, 0.3) is 5.88 Å². The molecule has 1 fully saturated rings. The summed E-state index contributed by atoms with van der Waals surface area (Å²) in [5.74, 6) is 0.128. The number of hydrogen-bond acceptors (Lipinski definition) is 5. The zero-order valence-electron chi connectivity index (χ0n) is 9.68. The van der Waals surface area contributed by atoms with Gasteiger partial charge in [0, 0.05) is 18.3 Å². The van der Waals surface area contributed by atoms with Gasteiger partial charge in [-0.15, -0.1) is 0 Å². The van der Waals surface area contributed by atoms with Crippen molar-refractivity contribution in [3.05, 3.63) is 27.9 Å². The Balaban J connectivity index is 2.19. The number of hydrogen-bond donors (Lipinski definition) is 1. The van der Waals surface area contributed by atoms with Gasteiger partial charge < -0.3 is 10.1 Å². The van der Waals surface area contributed by atoms with E-state index in [9.17, 15) is 10.1 Å². The van der Waals surface area contributed by atoms with Crippen LogP contribution in [0.5, 0.6) is 5.88 Å². The maximum absolute atomic E-state index is 11.0. The van der Waals surface area contributed by atoms with Crippen LogP contribution in [0.1, 0.15) is 18.4 Å². The highest BCUT2D eigenvalue weighted by Crippen LogP contribution is 2.29. The van der Waals surface area contributed by atoms with E-state index in [2.05, 4.69) is 10.3 Å². The molecule has 6 nitrogen and oxygen atoms in total. The van der Waals surface area contributed by atoms with Crippen LogP contribution in [-0.4, -0.2) is 29.1 Å². The Morgan fingerprint density at radius 2 is 2.47 bits per heavy atom. The molecule has 1 aliphatic heterocycles. The van der Waals surface area contributed by atoms with Crippen LogP contribution in [0, 0.1) is 17.0 Å². The Bertz CT molecular complexity index is 416. The number of pyridine rings is 1. The minimum absolute atomic E-state index is 0.0296. The summed E-state index contributed by atoms with van der Waals surface area (Å²) in [6.07, 6.45) is 3.43. The van der Waals surface area contributed by atoms with E-state index < -0.39 is 4.92 Å². The Morgan fingerprint density at radius 3 is 3.12 bits per heavy atom. The van der Waals surface area contributed by atoms with E-state index in [1.54, 1.807) is 13.0 Å². The van der Waals surface area contributed by atoms with Crippen molar-refractivity contribution >= 4 is 5.69 Å². The number of piperidine rings is 1. The maximum atomic E-state index is 11.0. The third kappa shape index (κ3) is 2.71. The smallest absolute Gasteiger partial charge is 0.333 e. The van der Waals surface area contributed by atoms with Gasteiger partial charge in [0.15, 0.2) is 0 Å². The van der Waals surface area contributed by atoms with Gasteiger partial charge >= 0.3 is 5.69 Å². The molecule has 0 aromatic carbocycles. The fourth-order valence-electron chi connectivity index (χ4n) is 1.91. The van der Waals surface area contributed by atoms with Crippen molar-refractivity contribution in [3.8, 4) is 5.88 Å². The number of rotatable bonds is 3. The summed E-state index contributed by atoms with van der Waals surface area (Å²) in [5.41, 5.74) is 0.543. The van der Waals surface area contributed by atoms with E-state index in [1.807, 2.05) is 0 Å². The van der Waals surface area contributed by atoms with Crippen LogP contribution in [0.4, 0.5) is 5.69 Å². The van der Waals surface area contributed by atoms with E-state index in [4.69, 9.17) is 4.74 Å². The van der Waals surface area contributed by atoms with Gasteiger partial charge in [0.05, 0.1) is 4.92 Å². The molecular weight excluding hydrogens is 222 g/mol. The molecule has 2 rings (SSSR count). The summed E-state index contributed by atoms with van der Waals surface area (Å²) in [7, 11) is 0. The van der Waals surface area contributed by atoms with E-state index in [-0.39, 0.29) is 17.7 Å². The van der Waals surface area contributed by atoms with Gasteiger partial charge in [0.2, 0.25) is 0 Å². The van der Waals surface area contributed by atoms with Gasteiger partial charge in [-0.25, -0.2) is 4.98 Å². The topological polar surface area (TPSA) is 77.3 Å². The van der Waals surface area contributed by atoms with Crippen LogP contribution in [-0.2, 0) is 0 Å². The largest absolute Gasteiger partial charge is 0.468 e. The molecule has 0 radical (unpaired) electrons. The van der Waals surface area contributed by atoms with Crippen LogP contribution in [0.3, 0.4) is 0 Å². The van der Waals surface area contributed by atoms with E-state index in [1.165, 1.54) is 6.20 Å². The summed E-state index contributed by atoms with van der Waals surface area (Å²) < 4.78 is 5.61. The number of aromatic nitrogens is 1. The minimum Gasteiger partial charge on any atom is -0.468 e. The summed E-state index contributed by atoms with van der Waals surface area (Å²) in [6, 6.07) is 1.62. The third-order valence-electron chi connectivity index (χ3n) is 2.80. The van der Waals surface area contributed by atoms with Crippen LogP contribution in [0.15, 0.2) is 12.3 Å². The highest BCUT2D eigenvalue weighted by molar-refractivity contribution is 5.47. The SMILES string of the molecule is Cc1ccnc(O[C@H]2CCCNC2)c1[N+](=O)[O-]. The van der Waals surface area contributed by atoms with Crippen LogP contribution >= 0.6 is 0 Å². The molecule has 6 heteroatoms. The lowest BCUT2D eigenvalue weighted by atomic mass is 10.1. The van der Waals surface area contributed by atoms with Crippen LogP contribution in [0.2, 0.25) is 0 Å². The van der Waals surface area contributed by atoms with Crippen LogP contribution in [0.25, 0.3) is 0 Å². The van der Waals surface area contributed by atoms with Crippen molar-refractivity contribution in [2.45, 2.75) is 25.9 Å². The zero-order chi connectivity index (χ0) is 12.3. The molecule has 1 aromatic rings. The van der Waals surface area contributed by atoms with Crippen molar-refractivity contribution in [1.82, 2.24) is 10.3 Å². The number of nitro groups is 1. The Labute approximate surface area is 99.2 Å². The quantitative estimate of drug-likeness (QED) is 0.635. The van der Waals surface area contributed by atoms with Gasteiger partial charge in [0.1, 0.15) is 6.10 Å². The highest BCUT2D eigenvalue weighted by Gasteiger charge is 2.23. The minimum atomic E-state index is -0.437. The van der Waals surface area contributed by atoms with Crippen molar-refractivity contribution in [2.75, 3.05) is 13.1 Å². The molecule has 0 bridgehead atoms. The van der Waals surface area contributed by atoms with Gasteiger partial charge in [-0.3, -0.25) is 10.1 Å². The lowest BCUT2D eigenvalue weighted by Gasteiger charge is -2.23. The molecule has 1 aliphatic rings. The Hall–Kier alpha value is -1.69. The summed E-state index contributed by atoms with van der Waals surface area (Å²) >= 11 is 0. The molecule has 2 heterocycles. The molecular formula is C11H15N3O3. The maximum Gasteiger partial charge on any atom is 0.333 e. The second-order valence-corrected chi connectivity index (χ2v) is 4.12. The molecule has 0 amide bonds. The van der Waals surface area contributed by atoms with Crippen LogP contribution < -0.4 is 10.1 Å². The van der Waals surface area contributed by atoms with Crippen molar-refractivity contribution in [3.63, 3.8) is 0 Å². The second kappa shape index (κ2) is 5.09. The molecule has 92 valence electrons. The highest BCUT2D eigenvalue weighted by atomic mass is 16.6. The first kappa shape index (κ1) is 11.8. The monoisotopic (exact) mass is 237 g/mol. The van der Waals surface area contributed by atoms with Gasteiger partial charge in [-0.1, -0.05) is 0 Å². The van der Waals surface area contributed by atoms with E-state index >= 15 is 0 Å². The first-order chi connectivity index (χ1) is 8.18. The van der Waals surface area contributed by atoms with E-state index in [0.29, 0.717) is 12.1 Å². The molecule has 0 spiro atoms. The molecule has 17 heavy (non-hydrogen) atoms. The number of ether oxygens (including phenoxy) is 1. The van der Waals surface area contributed by atoms with Gasteiger partial charge in [-0.2, -0.15) is 0 Å². The number of aryl methyl sites for hydroxylation is 1. The fraction of sp³-hybridized carbons (Fsp3) is 0.545. The standard InChI is InChI=1S/C11H15N3O3/c1-8-4-6-13-11(10(8)14(15)16)17-9-3-2-5-12-7-9/h4,6,9,12H,2-3,5,7H2,1H3/t9-/m0/s1. The molecule has 1 atom stereocenters. The molecule has 0 aliphatic carbocycles. The fourth-order valence-corrected chi connectivity index (χ4v) is 1.91. The molecule has 1 N–H and O–H groups in total. The average Bonchev–Trinajstić information content (AvgIpc) is 2.30. The predicted octanol–water partition coefficient (Wildman–Crippen LogP) is 1.43. The number of nitrogens with one attached hydrogen (secondary N) is 1. The number of nitrogens with zero attached hydrogens (tertiary/aromatic N) is 2. The lowest BCUT2D eigenvalue weighted by molar-refractivity contribution is -0.387. The lowest BCUT2D eigenvalue weighted by Crippen LogP contribution is -2.37. The van der Waals surface area contributed by atoms with Crippen molar-refractivity contribution < 1.29 is 9.66 Å². The summed E-state index contributed by atoms with van der Waals surface area (Å²) in [4.78, 5) is 14.5. The first-order valence-electron chi connectivity index (χ1n) is 5.66. The normalized spacial score (nSPS) is 19.9. The van der Waals surface area contributed by atoms with E-state index in [0.717, 1.165) is 19.4 Å². The second-order valence-electron chi connectivity index (χ2n) is 4.12. The molecule has 1 aromatic heterocycles. The van der Waals surface area contributed by atoms with Gasteiger partial charge in [-0.05, 0) is 32.4 Å². The summed E-state index contributed by atoms with van der Waals surface area (Å²) in [5, 5.41) is 14.1. The Morgan fingerprint density at radius 1 is 1.65 bits per heavy atom. The third-order valence-corrected chi connectivity index (χ3v) is 2.80. The first-order valence-corrected chi connectivity index (χ1v) is 5.66. The Kier molecular flexibility index (Phi) is 3.53.